The molecule has 6 heteroatoms. The van der Waals surface area contributed by atoms with Crippen LogP contribution in [0.2, 0.25) is 0 Å². The molecule has 37 heavy (non-hydrogen) atoms. The van der Waals surface area contributed by atoms with Crippen LogP contribution in [0.1, 0.15) is 37.1 Å². The Bertz CT molecular complexity index is 1280. The van der Waals surface area contributed by atoms with Gasteiger partial charge in [-0.05, 0) is 37.0 Å². The number of oxazole rings is 1. The van der Waals surface area contributed by atoms with Gasteiger partial charge in [-0.3, -0.25) is 0 Å². The number of aromatic nitrogens is 1. The summed E-state index contributed by atoms with van der Waals surface area (Å²) in [5, 5.41) is 8.96. The minimum Gasteiger partial charge on any atom is -0.482 e. The number of ether oxygens (including phenoxy) is 2. The number of carboxylic acid groups (broad SMARTS) is 1. The van der Waals surface area contributed by atoms with Gasteiger partial charge in [0.1, 0.15) is 17.0 Å². The van der Waals surface area contributed by atoms with Crippen molar-refractivity contribution < 1.29 is 23.8 Å². The normalized spacial score (nSPS) is 19.4. The summed E-state index contributed by atoms with van der Waals surface area (Å²) in [7, 11) is 1.75. The third-order valence-electron chi connectivity index (χ3n) is 7.19. The molecule has 0 amide bonds. The third kappa shape index (κ3) is 5.30. The average molecular weight is 498 g/mol. The number of nitrogens with zero attached hydrogens (tertiary/aromatic N) is 1. The minimum atomic E-state index is -0.997. The fourth-order valence-electron chi connectivity index (χ4n) is 5.39. The number of methoxy groups -OCH3 is 1. The van der Waals surface area contributed by atoms with Gasteiger partial charge >= 0.3 is 5.97 Å². The number of benzene rings is 3. The van der Waals surface area contributed by atoms with Crippen LogP contribution in [0.5, 0.6) is 5.75 Å². The molecule has 6 nitrogen and oxygen atoms in total. The van der Waals surface area contributed by atoms with Gasteiger partial charge in [0.15, 0.2) is 12.4 Å². The molecule has 5 rings (SSSR count). The highest BCUT2D eigenvalue weighted by Gasteiger charge is 2.47. The monoisotopic (exact) mass is 497 g/mol. The molecule has 1 N–H and O–H groups in total. The maximum absolute atomic E-state index is 10.9. The lowest BCUT2D eigenvalue weighted by atomic mass is 9.72. The molecule has 3 aromatic carbocycles. The largest absolute Gasteiger partial charge is 0.482 e. The van der Waals surface area contributed by atoms with Gasteiger partial charge in [-0.15, -0.1) is 0 Å². The molecule has 0 radical (unpaired) electrons. The van der Waals surface area contributed by atoms with Crippen LogP contribution in [0.3, 0.4) is 0 Å². The van der Waals surface area contributed by atoms with Gasteiger partial charge in [0.25, 0.3) is 0 Å². The van der Waals surface area contributed by atoms with Gasteiger partial charge in [-0.1, -0.05) is 85.6 Å². The Kier molecular flexibility index (Phi) is 7.37. The Labute approximate surface area is 216 Å². The van der Waals surface area contributed by atoms with E-state index in [9.17, 15) is 4.79 Å². The van der Waals surface area contributed by atoms with Crippen LogP contribution in [-0.4, -0.2) is 29.8 Å². The molecule has 0 unspecified atom stereocenters. The smallest absolute Gasteiger partial charge is 0.341 e. The predicted molar refractivity (Wildman–Crippen MR) is 141 cm³/mol. The fraction of sp³-hybridized carbons (Fsp3) is 0.290. The van der Waals surface area contributed by atoms with E-state index >= 15 is 0 Å². The first-order chi connectivity index (χ1) is 18.1. The standard InChI is InChI=1S/C31H31NO5/c1-35-31(18-9-8-16-25(31)19-22-11-10-17-26(20-22)36-21-27(33)34)30-32-28(23-12-4-2-5-13-23)29(37-30)24-14-6-3-7-15-24/h2-7,10-15,17,20,25H,8-9,16,18-19,21H2,1H3,(H,33,34)/t25-,31-/m0/s1. The molecule has 4 aromatic rings. The van der Waals surface area contributed by atoms with E-state index in [2.05, 4.69) is 12.1 Å². The molecular formula is C31H31NO5. The summed E-state index contributed by atoms with van der Waals surface area (Å²) >= 11 is 0. The van der Waals surface area contributed by atoms with Gasteiger partial charge in [0, 0.05) is 24.2 Å². The van der Waals surface area contributed by atoms with Crippen molar-refractivity contribution in [1.29, 1.82) is 0 Å². The lowest BCUT2D eigenvalue weighted by molar-refractivity contribution is -0.139. The summed E-state index contributed by atoms with van der Waals surface area (Å²) in [5.74, 6) is 1.03. The molecule has 0 spiro atoms. The topological polar surface area (TPSA) is 81.8 Å². The van der Waals surface area contributed by atoms with E-state index < -0.39 is 11.6 Å². The highest BCUT2D eigenvalue weighted by atomic mass is 16.5. The number of aliphatic carboxylic acids is 1. The fourth-order valence-corrected chi connectivity index (χ4v) is 5.39. The first-order valence-electron chi connectivity index (χ1n) is 12.7. The van der Waals surface area contributed by atoms with E-state index in [0.29, 0.717) is 11.6 Å². The molecule has 1 saturated carbocycles. The van der Waals surface area contributed by atoms with Crippen LogP contribution in [0, 0.1) is 5.92 Å². The number of hydrogen-bond donors (Lipinski definition) is 1. The van der Waals surface area contributed by atoms with Crippen molar-refractivity contribution in [1.82, 2.24) is 4.98 Å². The molecule has 1 heterocycles. The Balaban J connectivity index is 1.53. The van der Waals surface area contributed by atoms with Crippen molar-refractivity contribution in [3.63, 3.8) is 0 Å². The third-order valence-corrected chi connectivity index (χ3v) is 7.19. The van der Waals surface area contributed by atoms with E-state index in [1.165, 1.54) is 0 Å². The zero-order valence-electron chi connectivity index (χ0n) is 20.9. The molecule has 0 bridgehead atoms. The lowest BCUT2D eigenvalue weighted by Crippen LogP contribution is -2.41. The summed E-state index contributed by atoms with van der Waals surface area (Å²) < 4.78 is 18.4. The SMILES string of the molecule is CO[C@@]1(c2nc(-c3ccccc3)c(-c3ccccc3)o2)CCCC[C@H]1Cc1cccc(OCC(=O)O)c1. The zero-order chi connectivity index (χ0) is 25.7. The second-order valence-electron chi connectivity index (χ2n) is 9.50. The predicted octanol–water partition coefficient (Wildman–Crippen LogP) is 6.75. The maximum atomic E-state index is 10.9. The lowest BCUT2D eigenvalue weighted by Gasteiger charge is -2.41. The number of rotatable bonds is 9. The maximum Gasteiger partial charge on any atom is 0.341 e. The molecular weight excluding hydrogens is 466 g/mol. The zero-order valence-corrected chi connectivity index (χ0v) is 20.9. The Morgan fingerprint density at radius 2 is 1.73 bits per heavy atom. The van der Waals surface area contributed by atoms with Gasteiger partial charge in [0.2, 0.25) is 5.89 Å². The average Bonchev–Trinajstić information content (AvgIpc) is 3.40. The molecule has 1 fully saturated rings. The Hall–Kier alpha value is -3.90. The summed E-state index contributed by atoms with van der Waals surface area (Å²) in [5.41, 5.74) is 3.17. The molecule has 1 aliphatic rings. The number of hydrogen-bond acceptors (Lipinski definition) is 5. The highest BCUT2D eigenvalue weighted by molar-refractivity contribution is 5.76. The summed E-state index contributed by atoms with van der Waals surface area (Å²) in [6, 6.07) is 27.8. The van der Waals surface area contributed by atoms with Crippen molar-refractivity contribution in [2.24, 2.45) is 5.92 Å². The first kappa shape index (κ1) is 24.8. The molecule has 1 aliphatic carbocycles. The van der Waals surface area contributed by atoms with Crippen LogP contribution in [0.25, 0.3) is 22.6 Å². The van der Waals surface area contributed by atoms with E-state index in [1.807, 2.05) is 66.7 Å². The second-order valence-corrected chi connectivity index (χ2v) is 9.50. The van der Waals surface area contributed by atoms with Crippen LogP contribution < -0.4 is 4.74 Å². The molecule has 0 saturated heterocycles. The van der Waals surface area contributed by atoms with Gasteiger partial charge < -0.3 is 19.0 Å². The summed E-state index contributed by atoms with van der Waals surface area (Å²) in [6.45, 7) is -0.365. The van der Waals surface area contributed by atoms with Crippen LogP contribution in [0.4, 0.5) is 0 Å². The highest BCUT2D eigenvalue weighted by Crippen LogP contribution is 2.48. The van der Waals surface area contributed by atoms with E-state index in [0.717, 1.165) is 60.2 Å². The summed E-state index contributed by atoms with van der Waals surface area (Å²) in [4.78, 5) is 16.0. The van der Waals surface area contributed by atoms with Crippen LogP contribution >= 0.6 is 0 Å². The Morgan fingerprint density at radius 3 is 2.43 bits per heavy atom. The van der Waals surface area contributed by atoms with E-state index in [1.54, 1.807) is 13.2 Å². The second kappa shape index (κ2) is 11.0. The van der Waals surface area contributed by atoms with Crippen molar-refractivity contribution in [2.45, 2.75) is 37.7 Å². The van der Waals surface area contributed by atoms with E-state index in [-0.39, 0.29) is 12.5 Å². The molecule has 0 aliphatic heterocycles. The van der Waals surface area contributed by atoms with Crippen LogP contribution in [0.15, 0.2) is 89.3 Å². The van der Waals surface area contributed by atoms with Gasteiger partial charge in [-0.2, -0.15) is 0 Å². The molecule has 190 valence electrons. The van der Waals surface area contributed by atoms with E-state index in [4.69, 9.17) is 24.0 Å². The van der Waals surface area contributed by atoms with Gasteiger partial charge in [0.05, 0.1) is 0 Å². The quantitative estimate of drug-likeness (QED) is 0.276. The van der Waals surface area contributed by atoms with Crippen molar-refractivity contribution in [3.8, 4) is 28.3 Å². The molecule has 2 atom stereocenters. The molecule has 1 aromatic heterocycles. The summed E-state index contributed by atoms with van der Waals surface area (Å²) in [6.07, 6.45) is 4.64. The van der Waals surface area contributed by atoms with Crippen molar-refractivity contribution in [3.05, 3.63) is 96.4 Å². The van der Waals surface area contributed by atoms with Gasteiger partial charge in [-0.25, -0.2) is 9.78 Å². The van der Waals surface area contributed by atoms with Crippen molar-refractivity contribution >= 4 is 5.97 Å². The Morgan fingerprint density at radius 1 is 1.00 bits per heavy atom. The minimum absolute atomic E-state index is 0.131. The number of carboxylic acids is 1. The van der Waals surface area contributed by atoms with Crippen LogP contribution in [-0.2, 0) is 21.6 Å². The van der Waals surface area contributed by atoms with Crippen molar-refractivity contribution in [2.75, 3.05) is 13.7 Å². The first-order valence-corrected chi connectivity index (χ1v) is 12.7. The number of carbonyl (C=O) groups is 1.